The number of carboxylic acids is 1. The van der Waals surface area contributed by atoms with Gasteiger partial charge in [-0.05, 0) is 37.6 Å². The van der Waals surface area contributed by atoms with Crippen LogP contribution in [0.1, 0.15) is 28.8 Å². The van der Waals surface area contributed by atoms with Crippen LogP contribution >= 0.6 is 0 Å². The number of aromatic carboxylic acids is 1. The molecule has 2 rings (SSSR count). The normalized spacial score (nSPS) is 19.8. The first-order valence-electron chi connectivity index (χ1n) is 6.79. The molecule has 1 fully saturated rings. The third-order valence-corrected chi connectivity index (χ3v) is 3.72. The van der Waals surface area contributed by atoms with E-state index < -0.39 is 5.97 Å². The molecule has 0 spiro atoms. The molecular weight excluding hydrogens is 258 g/mol. The Hall–Kier alpha value is -1.59. The van der Waals surface area contributed by atoms with Crippen molar-refractivity contribution in [2.45, 2.75) is 25.5 Å². The maximum absolute atomic E-state index is 11.1. The van der Waals surface area contributed by atoms with E-state index in [4.69, 9.17) is 14.6 Å². The summed E-state index contributed by atoms with van der Waals surface area (Å²) in [4.78, 5) is 13.3. The molecule has 1 saturated heterocycles. The molecule has 1 atom stereocenters. The first-order valence-corrected chi connectivity index (χ1v) is 6.79. The largest absolute Gasteiger partial charge is 0.496 e. The van der Waals surface area contributed by atoms with Crippen LogP contribution in [0.5, 0.6) is 5.75 Å². The topological polar surface area (TPSA) is 59.0 Å². The van der Waals surface area contributed by atoms with Gasteiger partial charge in [-0.15, -0.1) is 0 Å². The van der Waals surface area contributed by atoms with Crippen LogP contribution in [-0.2, 0) is 11.3 Å². The van der Waals surface area contributed by atoms with Crippen LogP contribution in [0.2, 0.25) is 0 Å². The molecule has 1 aromatic rings. The highest BCUT2D eigenvalue weighted by Gasteiger charge is 2.21. The molecule has 1 aliphatic heterocycles. The second kappa shape index (κ2) is 6.72. The molecule has 1 N–H and O–H groups in total. The van der Waals surface area contributed by atoms with Crippen molar-refractivity contribution in [3.05, 3.63) is 29.3 Å². The standard InChI is InChI=1S/C15H21NO4/c1-19-13-4-3-7-16(10-13)9-12-8-11(15(17)18)5-6-14(12)20-2/h5-6,8,13H,3-4,7,9-10H2,1-2H3,(H,17,18). The summed E-state index contributed by atoms with van der Waals surface area (Å²) < 4.78 is 10.7. The van der Waals surface area contributed by atoms with Gasteiger partial charge in [0.25, 0.3) is 0 Å². The molecular formula is C15H21NO4. The average molecular weight is 279 g/mol. The van der Waals surface area contributed by atoms with Crippen molar-refractivity contribution in [3.8, 4) is 5.75 Å². The molecule has 0 amide bonds. The summed E-state index contributed by atoms with van der Waals surface area (Å²) in [7, 11) is 3.34. The minimum absolute atomic E-state index is 0.261. The zero-order valence-corrected chi connectivity index (χ0v) is 12.0. The summed E-state index contributed by atoms with van der Waals surface area (Å²) in [6.07, 6.45) is 2.44. The summed E-state index contributed by atoms with van der Waals surface area (Å²) in [5.74, 6) is -0.183. The van der Waals surface area contributed by atoms with Gasteiger partial charge in [0.2, 0.25) is 0 Å². The molecule has 1 aliphatic rings. The SMILES string of the molecule is COc1ccc(C(=O)O)cc1CN1CCCC(OC)C1. The third kappa shape index (κ3) is 3.49. The second-order valence-electron chi connectivity index (χ2n) is 5.07. The van der Waals surface area contributed by atoms with Crippen LogP contribution in [0.3, 0.4) is 0 Å². The van der Waals surface area contributed by atoms with Crippen LogP contribution in [0.15, 0.2) is 18.2 Å². The summed E-state index contributed by atoms with van der Waals surface area (Å²) >= 11 is 0. The van der Waals surface area contributed by atoms with E-state index in [-0.39, 0.29) is 6.10 Å². The fraction of sp³-hybridized carbons (Fsp3) is 0.533. The molecule has 0 aliphatic carbocycles. The Labute approximate surface area is 119 Å². The van der Waals surface area contributed by atoms with Gasteiger partial charge in [-0.25, -0.2) is 4.79 Å². The van der Waals surface area contributed by atoms with Crippen LogP contribution in [0.4, 0.5) is 0 Å². The Morgan fingerprint density at radius 1 is 1.45 bits per heavy atom. The Morgan fingerprint density at radius 3 is 2.90 bits per heavy atom. The maximum Gasteiger partial charge on any atom is 0.335 e. The highest BCUT2D eigenvalue weighted by molar-refractivity contribution is 5.88. The Bertz CT molecular complexity index is 475. The average Bonchev–Trinajstić information content (AvgIpc) is 2.47. The molecule has 0 aromatic heterocycles. The van der Waals surface area contributed by atoms with Gasteiger partial charge < -0.3 is 14.6 Å². The quantitative estimate of drug-likeness (QED) is 0.893. The van der Waals surface area contributed by atoms with Crippen molar-refractivity contribution in [3.63, 3.8) is 0 Å². The number of carbonyl (C=O) groups is 1. The fourth-order valence-electron chi connectivity index (χ4n) is 2.63. The molecule has 0 bridgehead atoms. The molecule has 0 radical (unpaired) electrons. The lowest BCUT2D eigenvalue weighted by Gasteiger charge is -2.32. The van der Waals surface area contributed by atoms with Crippen molar-refractivity contribution in [1.29, 1.82) is 0 Å². The first kappa shape index (κ1) is 14.8. The zero-order valence-electron chi connectivity index (χ0n) is 12.0. The highest BCUT2D eigenvalue weighted by Crippen LogP contribution is 2.23. The van der Waals surface area contributed by atoms with E-state index in [2.05, 4.69) is 4.90 Å². The number of rotatable bonds is 5. The summed E-state index contributed by atoms with van der Waals surface area (Å²) in [5, 5.41) is 9.08. The molecule has 1 unspecified atom stereocenters. The van der Waals surface area contributed by atoms with E-state index in [0.29, 0.717) is 12.1 Å². The molecule has 110 valence electrons. The lowest BCUT2D eigenvalue weighted by molar-refractivity contribution is 0.0283. The Morgan fingerprint density at radius 2 is 2.25 bits per heavy atom. The minimum Gasteiger partial charge on any atom is -0.496 e. The number of benzene rings is 1. The molecule has 1 aromatic carbocycles. The highest BCUT2D eigenvalue weighted by atomic mass is 16.5. The number of piperidine rings is 1. The zero-order chi connectivity index (χ0) is 14.5. The van der Waals surface area contributed by atoms with E-state index >= 15 is 0 Å². The Balaban J connectivity index is 2.14. The molecule has 1 heterocycles. The third-order valence-electron chi connectivity index (χ3n) is 3.72. The number of ether oxygens (including phenoxy) is 2. The van der Waals surface area contributed by atoms with Crippen LogP contribution in [0, 0.1) is 0 Å². The van der Waals surface area contributed by atoms with Crippen LogP contribution in [0.25, 0.3) is 0 Å². The number of nitrogens with zero attached hydrogens (tertiary/aromatic N) is 1. The smallest absolute Gasteiger partial charge is 0.335 e. The first-order chi connectivity index (χ1) is 9.63. The fourth-order valence-corrected chi connectivity index (χ4v) is 2.63. The number of hydrogen-bond donors (Lipinski definition) is 1. The van der Waals surface area contributed by atoms with Gasteiger partial charge >= 0.3 is 5.97 Å². The predicted octanol–water partition coefficient (Wildman–Crippen LogP) is 2.00. The van der Waals surface area contributed by atoms with Crippen molar-refractivity contribution in [1.82, 2.24) is 4.90 Å². The van der Waals surface area contributed by atoms with E-state index in [1.165, 1.54) is 0 Å². The van der Waals surface area contributed by atoms with E-state index in [1.807, 2.05) is 0 Å². The lowest BCUT2D eigenvalue weighted by atomic mass is 10.1. The molecule has 0 saturated carbocycles. The monoisotopic (exact) mass is 279 g/mol. The maximum atomic E-state index is 11.1. The Kier molecular flexibility index (Phi) is 4.98. The number of methoxy groups -OCH3 is 2. The second-order valence-corrected chi connectivity index (χ2v) is 5.07. The summed E-state index contributed by atoms with van der Waals surface area (Å²) in [6, 6.07) is 4.98. The van der Waals surface area contributed by atoms with Gasteiger partial charge in [-0.3, -0.25) is 4.90 Å². The predicted molar refractivity (Wildman–Crippen MR) is 75.3 cm³/mol. The molecule has 20 heavy (non-hydrogen) atoms. The summed E-state index contributed by atoms with van der Waals surface area (Å²) in [6.45, 7) is 2.56. The van der Waals surface area contributed by atoms with Gasteiger partial charge in [-0.2, -0.15) is 0 Å². The molecule has 5 nitrogen and oxygen atoms in total. The van der Waals surface area contributed by atoms with Crippen LogP contribution in [-0.4, -0.2) is 49.4 Å². The number of carboxylic acid groups (broad SMARTS) is 1. The molecule has 5 heteroatoms. The van der Waals surface area contributed by atoms with E-state index in [1.54, 1.807) is 32.4 Å². The van der Waals surface area contributed by atoms with Gasteiger partial charge in [0.05, 0.1) is 18.8 Å². The number of likely N-dealkylation sites (tertiary alicyclic amines) is 1. The van der Waals surface area contributed by atoms with Gasteiger partial charge in [0, 0.05) is 25.8 Å². The summed E-state index contributed by atoms with van der Waals surface area (Å²) in [5.41, 5.74) is 1.20. The van der Waals surface area contributed by atoms with Crippen molar-refractivity contribution >= 4 is 5.97 Å². The van der Waals surface area contributed by atoms with Crippen molar-refractivity contribution < 1.29 is 19.4 Å². The lowest BCUT2D eigenvalue weighted by Crippen LogP contribution is -2.38. The van der Waals surface area contributed by atoms with Crippen molar-refractivity contribution in [2.75, 3.05) is 27.3 Å². The van der Waals surface area contributed by atoms with Gasteiger partial charge in [0.1, 0.15) is 5.75 Å². The minimum atomic E-state index is -0.915. The van der Waals surface area contributed by atoms with Gasteiger partial charge in [-0.1, -0.05) is 0 Å². The van der Waals surface area contributed by atoms with Gasteiger partial charge in [0.15, 0.2) is 0 Å². The van der Waals surface area contributed by atoms with Crippen LogP contribution < -0.4 is 4.74 Å². The van der Waals surface area contributed by atoms with E-state index in [0.717, 1.165) is 37.2 Å². The van der Waals surface area contributed by atoms with E-state index in [9.17, 15) is 4.79 Å². The number of hydrogen-bond acceptors (Lipinski definition) is 4. The van der Waals surface area contributed by atoms with Crippen molar-refractivity contribution in [2.24, 2.45) is 0 Å².